The summed E-state index contributed by atoms with van der Waals surface area (Å²) in [6, 6.07) is 6.22. The van der Waals surface area contributed by atoms with Crippen LogP contribution < -0.4 is 0 Å². The molecule has 1 fully saturated rings. The molecule has 0 aromatic carbocycles. The maximum atomic E-state index is 5.90. The Morgan fingerprint density at radius 3 is 3.00 bits per heavy atom. The fourth-order valence-electron chi connectivity index (χ4n) is 2.84. The van der Waals surface area contributed by atoms with E-state index >= 15 is 0 Å². The number of nitrogens with zero attached hydrogens (tertiary/aromatic N) is 4. The first-order valence-corrected chi connectivity index (χ1v) is 7.44. The SMILES string of the molecule is Cc1cc(C)n(CC2CN(Cc3cccnc3)CCO2)n1. The van der Waals surface area contributed by atoms with Crippen LogP contribution in [-0.4, -0.2) is 45.5 Å². The van der Waals surface area contributed by atoms with E-state index in [9.17, 15) is 0 Å². The summed E-state index contributed by atoms with van der Waals surface area (Å²) in [5.41, 5.74) is 3.51. The fraction of sp³-hybridized carbons (Fsp3) is 0.500. The first kappa shape index (κ1) is 14.2. The normalized spacial score (nSPS) is 19.8. The van der Waals surface area contributed by atoms with Crippen LogP contribution in [0.5, 0.6) is 0 Å². The molecule has 3 rings (SSSR count). The van der Waals surface area contributed by atoms with E-state index in [1.165, 1.54) is 11.3 Å². The molecule has 0 radical (unpaired) electrons. The van der Waals surface area contributed by atoms with Crippen molar-refractivity contribution in [1.82, 2.24) is 19.7 Å². The molecule has 2 aromatic rings. The molecule has 0 bridgehead atoms. The molecule has 3 heterocycles. The molecule has 0 N–H and O–H groups in total. The van der Waals surface area contributed by atoms with Gasteiger partial charge in [0.2, 0.25) is 0 Å². The summed E-state index contributed by atoms with van der Waals surface area (Å²) in [7, 11) is 0. The van der Waals surface area contributed by atoms with Gasteiger partial charge in [-0.05, 0) is 31.5 Å². The predicted octanol–water partition coefficient (Wildman–Crippen LogP) is 1.80. The van der Waals surface area contributed by atoms with Gasteiger partial charge in [-0.25, -0.2) is 0 Å². The largest absolute Gasteiger partial charge is 0.374 e. The summed E-state index contributed by atoms with van der Waals surface area (Å²) in [6.45, 7) is 8.57. The fourth-order valence-corrected chi connectivity index (χ4v) is 2.84. The number of rotatable bonds is 4. The Bertz CT molecular complexity index is 581. The maximum absolute atomic E-state index is 5.90. The highest BCUT2D eigenvalue weighted by Crippen LogP contribution is 2.12. The van der Waals surface area contributed by atoms with Crippen LogP contribution in [0, 0.1) is 13.8 Å². The van der Waals surface area contributed by atoms with E-state index < -0.39 is 0 Å². The van der Waals surface area contributed by atoms with Gasteiger partial charge in [0, 0.05) is 37.7 Å². The second-order valence-electron chi connectivity index (χ2n) is 5.70. The summed E-state index contributed by atoms with van der Waals surface area (Å²) >= 11 is 0. The van der Waals surface area contributed by atoms with Gasteiger partial charge in [-0.15, -0.1) is 0 Å². The van der Waals surface area contributed by atoms with Gasteiger partial charge < -0.3 is 4.74 Å². The molecule has 21 heavy (non-hydrogen) atoms. The summed E-state index contributed by atoms with van der Waals surface area (Å²) < 4.78 is 7.95. The zero-order valence-corrected chi connectivity index (χ0v) is 12.7. The van der Waals surface area contributed by atoms with Crippen LogP contribution in [0.25, 0.3) is 0 Å². The highest BCUT2D eigenvalue weighted by molar-refractivity contribution is 5.09. The van der Waals surface area contributed by atoms with Crippen molar-refractivity contribution in [3.05, 3.63) is 47.5 Å². The Balaban J connectivity index is 1.59. The molecule has 2 aromatic heterocycles. The van der Waals surface area contributed by atoms with Gasteiger partial charge in [-0.3, -0.25) is 14.6 Å². The standard InChI is InChI=1S/C16H22N4O/c1-13-8-14(2)20(18-13)12-16-11-19(6-7-21-16)10-15-4-3-5-17-9-15/h3-5,8-9,16H,6-7,10-12H2,1-2H3. The molecule has 0 saturated carbocycles. The van der Waals surface area contributed by atoms with E-state index in [1.54, 1.807) is 0 Å². The summed E-state index contributed by atoms with van der Waals surface area (Å²) in [5.74, 6) is 0. The summed E-state index contributed by atoms with van der Waals surface area (Å²) in [4.78, 5) is 6.61. The molecule has 5 nitrogen and oxygen atoms in total. The minimum atomic E-state index is 0.202. The third kappa shape index (κ3) is 3.68. The maximum Gasteiger partial charge on any atom is 0.0898 e. The second-order valence-corrected chi connectivity index (χ2v) is 5.70. The van der Waals surface area contributed by atoms with E-state index in [4.69, 9.17) is 4.74 Å². The Morgan fingerprint density at radius 2 is 2.29 bits per heavy atom. The van der Waals surface area contributed by atoms with Crippen molar-refractivity contribution in [3.8, 4) is 0 Å². The average Bonchev–Trinajstić information content (AvgIpc) is 2.78. The molecule has 1 aliphatic heterocycles. The monoisotopic (exact) mass is 286 g/mol. The van der Waals surface area contributed by atoms with Crippen LogP contribution in [0.2, 0.25) is 0 Å². The molecule has 1 atom stereocenters. The first-order chi connectivity index (χ1) is 10.2. The van der Waals surface area contributed by atoms with Gasteiger partial charge in [0.15, 0.2) is 0 Å². The number of hydrogen-bond acceptors (Lipinski definition) is 4. The minimum Gasteiger partial charge on any atom is -0.374 e. The number of morpholine rings is 1. The zero-order valence-electron chi connectivity index (χ0n) is 12.7. The van der Waals surface area contributed by atoms with Crippen molar-refractivity contribution in [2.45, 2.75) is 33.0 Å². The number of aryl methyl sites for hydroxylation is 2. The number of pyridine rings is 1. The Hall–Kier alpha value is -1.72. The number of aromatic nitrogens is 3. The van der Waals surface area contributed by atoms with Crippen LogP contribution in [-0.2, 0) is 17.8 Å². The van der Waals surface area contributed by atoms with Crippen molar-refractivity contribution in [2.75, 3.05) is 19.7 Å². The van der Waals surface area contributed by atoms with Crippen molar-refractivity contribution in [2.24, 2.45) is 0 Å². The lowest BCUT2D eigenvalue weighted by Gasteiger charge is -2.33. The van der Waals surface area contributed by atoms with Gasteiger partial charge in [0.05, 0.1) is 24.9 Å². The van der Waals surface area contributed by atoms with Crippen LogP contribution in [0.1, 0.15) is 17.0 Å². The van der Waals surface area contributed by atoms with Crippen LogP contribution in [0.4, 0.5) is 0 Å². The van der Waals surface area contributed by atoms with E-state index in [0.717, 1.165) is 38.5 Å². The van der Waals surface area contributed by atoms with E-state index in [2.05, 4.69) is 34.0 Å². The van der Waals surface area contributed by atoms with Gasteiger partial charge in [-0.1, -0.05) is 6.07 Å². The van der Waals surface area contributed by atoms with Gasteiger partial charge in [0.25, 0.3) is 0 Å². The summed E-state index contributed by atoms with van der Waals surface area (Å²) in [6.07, 6.45) is 3.95. The van der Waals surface area contributed by atoms with Gasteiger partial charge in [-0.2, -0.15) is 5.10 Å². The Labute approximate surface area is 125 Å². The van der Waals surface area contributed by atoms with Crippen molar-refractivity contribution >= 4 is 0 Å². The lowest BCUT2D eigenvalue weighted by atomic mass is 10.2. The van der Waals surface area contributed by atoms with Crippen LogP contribution >= 0.6 is 0 Å². The molecule has 5 heteroatoms. The lowest BCUT2D eigenvalue weighted by molar-refractivity contribution is -0.0405. The van der Waals surface area contributed by atoms with Crippen molar-refractivity contribution < 1.29 is 4.74 Å². The van der Waals surface area contributed by atoms with Crippen LogP contribution in [0.3, 0.4) is 0 Å². The molecule has 1 aliphatic rings. The molecular weight excluding hydrogens is 264 g/mol. The molecule has 0 amide bonds. The number of hydrogen-bond donors (Lipinski definition) is 0. The van der Waals surface area contributed by atoms with E-state index in [0.29, 0.717) is 0 Å². The highest BCUT2D eigenvalue weighted by Gasteiger charge is 2.21. The third-order valence-electron chi connectivity index (χ3n) is 3.83. The molecule has 112 valence electrons. The third-order valence-corrected chi connectivity index (χ3v) is 3.83. The lowest BCUT2D eigenvalue weighted by Crippen LogP contribution is -2.43. The van der Waals surface area contributed by atoms with Crippen molar-refractivity contribution in [1.29, 1.82) is 0 Å². The van der Waals surface area contributed by atoms with Crippen molar-refractivity contribution in [3.63, 3.8) is 0 Å². The topological polar surface area (TPSA) is 43.2 Å². The van der Waals surface area contributed by atoms with Crippen LogP contribution in [0.15, 0.2) is 30.6 Å². The zero-order chi connectivity index (χ0) is 14.7. The molecule has 1 unspecified atom stereocenters. The minimum absolute atomic E-state index is 0.202. The summed E-state index contributed by atoms with van der Waals surface area (Å²) in [5, 5.41) is 4.52. The molecule has 0 spiro atoms. The van der Waals surface area contributed by atoms with E-state index in [-0.39, 0.29) is 6.10 Å². The highest BCUT2D eigenvalue weighted by atomic mass is 16.5. The quantitative estimate of drug-likeness (QED) is 0.859. The number of ether oxygens (including phenoxy) is 1. The second kappa shape index (κ2) is 6.37. The molecule has 0 aliphatic carbocycles. The van der Waals surface area contributed by atoms with E-state index in [1.807, 2.05) is 30.1 Å². The predicted molar refractivity (Wildman–Crippen MR) is 81.0 cm³/mol. The average molecular weight is 286 g/mol. The smallest absolute Gasteiger partial charge is 0.0898 e. The Kier molecular flexibility index (Phi) is 4.31. The first-order valence-electron chi connectivity index (χ1n) is 7.44. The molecule has 1 saturated heterocycles. The van der Waals surface area contributed by atoms with Gasteiger partial charge >= 0.3 is 0 Å². The molecular formula is C16H22N4O. The van der Waals surface area contributed by atoms with Gasteiger partial charge in [0.1, 0.15) is 0 Å². The Morgan fingerprint density at radius 1 is 1.38 bits per heavy atom.